The summed E-state index contributed by atoms with van der Waals surface area (Å²) in [5.74, 6) is 3.31. The van der Waals surface area contributed by atoms with E-state index in [9.17, 15) is 0 Å². The van der Waals surface area contributed by atoms with Gasteiger partial charge in [-0.25, -0.2) is 0 Å². The van der Waals surface area contributed by atoms with Crippen molar-refractivity contribution in [3.63, 3.8) is 0 Å². The van der Waals surface area contributed by atoms with Gasteiger partial charge in [-0.2, -0.15) is 4.98 Å². The summed E-state index contributed by atoms with van der Waals surface area (Å²) in [5.41, 5.74) is 0. The largest absolute Gasteiger partial charge is 0.337 e. The first kappa shape index (κ1) is 11.0. The van der Waals surface area contributed by atoms with Crippen LogP contribution in [0, 0.1) is 5.92 Å². The zero-order chi connectivity index (χ0) is 11.8. The minimum Gasteiger partial charge on any atom is -0.337 e. The quantitative estimate of drug-likeness (QED) is 0.824. The van der Waals surface area contributed by atoms with Crippen molar-refractivity contribution in [3.8, 4) is 0 Å². The van der Waals surface area contributed by atoms with E-state index in [1.165, 1.54) is 12.8 Å². The number of aromatic amines is 1. The first-order chi connectivity index (χ1) is 8.24. The molecule has 2 fully saturated rings. The lowest BCUT2D eigenvalue weighted by Crippen LogP contribution is -2.49. The number of rotatable bonds is 3. The maximum Gasteiger partial charge on any atom is 0.244 e. The average Bonchev–Trinajstić information content (AvgIpc) is 3.05. The smallest absolute Gasteiger partial charge is 0.244 e. The fourth-order valence-corrected chi connectivity index (χ4v) is 2.54. The van der Waals surface area contributed by atoms with E-state index in [0.717, 1.165) is 37.3 Å². The molecule has 0 radical (unpaired) electrons. The Morgan fingerprint density at radius 1 is 1.41 bits per heavy atom. The third kappa shape index (κ3) is 2.29. The van der Waals surface area contributed by atoms with Crippen molar-refractivity contribution in [2.45, 2.75) is 38.6 Å². The SMILES string of the molecule is CC(c1nc(N2CCN[C@@H](C)C2)n[nH]1)C1CC1. The minimum absolute atomic E-state index is 0.520. The lowest BCUT2D eigenvalue weighted by molar-refractivity contribution is 0.479. The van der Waals surface area contributed by atoms with E-state index < -0.39 is 0 Å². The summed E-state index contributed by atoms with van der Waals surface area (Å²) < 4.78 is 0. The van der Waals surface area contributed by atoms with Crippen LogP contribution in [-0.4, -0.2) is 40.9 Å². The zero-order valence-electron chi connectivity index (χ0n) is 10.6. The summed E-state index contributed by atoms with van der Waals surface area (Å²) in [6.07, 6.45) is 2.70. The van der Waals surface area contributed by atoms with Crippen molar-refractivity contribution < 1.29 is 0 Å². The third-order valence-electron chi connectivity index (χ3n) is 3.90. The molecular formula is C12H21N5. The Kier molecular flexibility index (Phi) is 2.78. The van der Waals surface area contributed by atoms with E-state index in [0.29, 0.717) is 12.0 Å². The summed E-state index contributed by atoms with van der Waals surface area (Å²) in [6, 6.07) is 0.520. The molecule has 1 aromatic heterocycles. The van der Waals surface area contributed by atoms with Crippen LogP contribution in [-0.2, 0) is 0 Å². The number of nitrogens with zero attached hydrogens (tertiary/aromatic N) is 3. The molecule has 0 bridgehead atoms. The summed E-state index contributed by atoms with van der Waals surface area (Å²) in [5, 5.41) is 10.9. The van der Waals surface area contributed by atoms with Crippen LogP contribution in [0.15, 0.2) is 0 Å². The summed E-state index contributed by atoms with van der Waals surface area (Å²) >= 11 is 0. The molecule has 3 rings (SSSR count). The molecule has 2 heterocycles. The molecule has 1 saturated carbocycles. The highest BCUT2D eigenvalue weighted by atomic mass is 15.4. The highest BCUT2D eigenvalue weighted by Gasteiger charge is 2.31. The van der Waals surface area contributed by atoms with Gasteiger partial charge in [-0.15, -0.1) is 5.10 Å². The van der Waals surface area contributed by atoms with Crippen LogP contribution in [0.4, 0.5) is 5.95 Å². The molecule has 2 aliphatic rings. The second kappa shape index (κ2) is 4.29. The number of anilines is 1. The normalized spacial score (nSPS) is 27.2. The van der Waals surface area contributed by atoms with Crippen molar-refractivity contribution >= 4 is 5.95 Å². The van der Waals surface area contributed by atoms with Crippen molar-refractivity contribution in [2.75, 3.05) is 24.5 Å². The molecule has 2 N–H and O–H groups in total. The van der Waals surface area contributed by atoms with Crippen LogP contribution in [0.1, 0.15) is 38.4 Å². The fourth-order valence-electron chi connectivity index (χ4n) is 2.54. The van der Waals surface area contributed by atoms with Crippen LogP contribution in [0.2, 0.25) is 0 Å². The Balaban J connectivity index is 1.70. The van der Waals surface area contributed by atoms with Gasteiger partial charge in [0, 0.05) is 31.6 Å². The number of nitrogens with one attached hydrogen (secondary N) is 2. The van der Waals surface area contributed by atoms with Crippen molar-refractivity contribution in [2.24, 2.45) is 5.92 Å². The Morgan fingerprint density at radius 2 is 2.24 bits per heavy atom. The molecule has 17 heavy (non-hydrogen) atoms. The molecule has 94 valence electrons. The van der Waals surface area contributed by atoms with E-state index in [2.05, 4.69) is 39.2 Å². The average molecular weight is 235 g/mol. The molecule has 0 amide bonds. The molecule has 5 nitrogen and oxygen atoms in total. The van der Waals surface area contributed by atoms with Crippen LogP contribution < -0.4 is 10.2 Å². The Morgan fingerprint density at radius 3 is 2.94 bits per heavy atom. The Hall–Kier alpha value is -1.10. The second-order valence-corrected chi connectivity index (χ2v) is 5.45. The summed E-state index contributed by atoms with van der Waals surface area (Å²) in [6.45, 7) is 7.46. The number of piperazine rings is 1. The van der Waals surface area contributed by atoms with Gasteiger partial charge in [0.1, 0.15) is 5.82 Å². The first-order valence-electron chi connectivity index (χ1n) is 6.64. The molecule has 1 aliphatic carbocycles. The first-order valence-corrected chi connectivity index (χ1v) is 6.64. The standard InChI is InChI=1S/C12H21N5/c1-8-7-17(6-5-13-8)12-14-11(15-16-12)9(2)10-3-4-10/h8-10,13H,3-7H2,1-2H3,(H,14,15,16)/t8-,9?/m0/s1. The second-order valence-electron chi connectivity index (χ2n) is 5.45. The van der Waals surface area contributed by atoms with Crippen LogP contribution in [0.5, 0.6) is 0 Å². The molecule has 1 saturated heterocycles. The van der Waals surface area contributed by atoms with Gasteiger partial charge in [-0.1, -0.05) is 6.92 Å². The predicted molar refractivity (Wildman–Crippen MR) is 67.2 cm³/mol. The van der Waals surface area contributed by atoms with Crippen LogP contribution in [0.3, 0.4) is 0 Å². The fraction of sp³-hybridized carbons (Fsp3) is 0.833. The molecule has 1 aliphatic heterocycles. The maximum atomic E-state index is 4.66. The van der Waals surface area contributed by atoms with Gasteiger partial charge in [-0.05, 0) is 25.7 Å². The van der Waals surface area contributed by atoms with E-state index in [1.807, 2.05) is 0 Å². The molecule has 0 spiro atoms. The van der Waals surface area contributed by atoms with Gasteiger partial charge >= 0.3 is 0 Å². The summed E-state index contributed by atoms with van der Waals surface area (Å²) in [4.78, 5) is 6.93. The van der Waals surface area contributed by atoms with Crippen molar-refractivity contribution in [3.05, 3.63) is 5.82 Å². The predicted octanol–water partition coefficient (Wildman–Crippen LogP) is 1.12. The van der Waals surface area contributed by atoms with Gasteiger partial charge in [0.05, 0.1) is 0 Å². The topological polar surface area (TPSA) is 56.8 Å². The lowest BCUT2D eigenvalue weighted by atomic mass is 10.1. The minimum atomic E-state index is 0.520. The van der Waals surface area contributed by atoms with Gasteiger partial charge in [0.2, 0.25) is 5.95 Å². The molecular weight excluding hydrogens is 214 g/mol. The van der Waals surface area contributed by atoms with Gasteiger partial charge in [0.25, 0.3) is 0 Å². The zero-order valence-corrected chi connectivity index (χ0v) is 10.6. The van der Waals surface area contributed by atoms with E-state index >= 15 is 0 Å². The highest BCUT2D eigenvalue weighted by Crippen LogP contribution is 2.41. The van der Waals surface area contributed by atoms with Gasteiger partial charge in [-0.3, -0.25) is 5.10 Å². The van der Waals surface area contributed by atoms with Gasteiger partial charge in [0.15, 0.2) is 0 Å². The summed E-state index contributed by atoms with van der Waals surface area (Å²) in [7, 11) is 0. The Labute approximate surface area is 102 Å². The number of aromatic nitrogens is 3. The molecule has 0 aromatic carbocycles. The molecule has 2 atom stereocenters. The molecule has 1 aromatic rings. The van der Waals surface area contributed by atoms with E-state index in [1.54, 1.807) is 0 Å². The molecule has 5 heteroatoms. The lowest BCUT2D eigenvalue weighted by Gasteiger charge is -2.30. The number of hydrogen-bond acceptors (Lipinski definition) is 4. The van der Waals surface area contributed by atoms with Crippen LogP contribution >= 0.6 is 0 Å². The van der Waals surface area contributed by atoms with Gasteiger partial charge < -0.3 is 10.2 Å². The number of H-pyrrole nitrogens is 1. The van der Waals surface area contributed by atoms with Crippen molar-refractivity contribution in [1.82, 2.24) is 20.5 Å². The maximum absolute atomic E-state index is 4.66. The van der Waals surface area contributed by atoms with Crippen molar-refractivity contribution in [1.29, 1.82) is 0 Å². The number of hydrogen-bond donors (Lipinski definition) is 2. The third-order valence-corrected chi connectivity index (χ3v) is 3.90. The van der Waals surface area contributed by atoms with Crippen LogP contribution in [0.25, 0.3) is 0 Å². The highest BCUT2D eigenvalue weighted by molar-refractivity contribution is 5.30. The molecule has 1 unspecified atom stereocenters. The van der Waals surface area contributed by atoms with E-state index in [4.69, 9.17) is 0 Å². The Bertz CT molecular complexity index is 384. The monoisotopic (exact) mass is 235 g/mol. The van der Waals surface area contributed by atoms with E-state index in [-0.39, 0.29) is 0 Å².